The van der Waals surface area contributed by atoms with Crippen molar-refractivity contribution >= 4 is 29.2 Å². The van der Waals surface area contributed by atoms with Crippen LogP contribution in [0.2, 0.25) is 5.02 Å². The van der Waals surface area contributed by atoms with Crippen LogP contribution in [0.3, 0.4) is 0 Å². The van der Waals surface area contributed by atoms with Crippen molar-refractivity contribution in [3.05, 3.63) is 70.2 Å². The number of hydrogen-bond donors (Lipinski definition) is 2. The van der Waals surface area contributed by atoms with E-state index in [-0.39, 0.29) is 30.3 Å². The van der Waals surface area contributed by atoms with E-state index in [9.17, 15) is 18.0 Å². The van der Waals surface area contributed by atoms with Gasteiger partial charge in [-0.2, -0.15) is 13.2 Å². The standard InChI is InChI=1S/C20H18ClF3N4O/c1-12-10-28(18(26)13-6-3-2-4-7-13)16(25)11-27(12)19(29)14-8-5-9-15(17(14)21)20(22,23)24/h2-9,12,25-26H,10-11H2,1H3. The van der Waals surface area contributed by atoms with Gasteiger partial charge in [0.1, 0.15) is 11.7 Å². The average Bonchev–Trinajstić information content (AvgIpc) is 2.68. The van der Waals surface area contributed by atoms with E-state index in [1.54, 1.807) is 31.2 Å². The summed E-state index contributed by atoms with van der Waals surface area (Å²) in [5.41, 5.74) is -0.699. The van der Waals surface area contributed by atoms with Gasteiger partial charge in [0.05, 0.1) is 22.7 Å². The van der Waals surface area contributed by atoms with Crippen molar-refractivity contribution < 1.29 is 18.0 Å². The van der Waals surface area contributed by atoms with Gasteiger partial charge in [0.2, 0.25) is 0 Å². The first-order valence-corrected chi connectivity index (χ1v) is 9.14. The highest BCUT2D eigenvalue weighted by Gasteiger charge is 2.37. The first kappa shape index (κ1) is 20.9. The molecular weight excluding hydrogens is 405 g/mol. The molecule has 3 rings (SSSR count). The van der Waals surface area contributed by atoms with Gasteiger partial charge in [0.15, 0.2) is 0 Å². The monoisotopic (exact) mass is 422 g/mol. The molecule has 29 heavy (non-hydrogen) atoms. The average molecular weight is 423 g/mol. The lowest BCUT2D eigenvalue weighted by Crippen LogP contribution is -2.58. The Balaban J connectivity index is 1.83. The summed E-state index contributed by atoms with van der Waals surface area (Å²) in [6, 6.07) is 11.7. The molecule has 1 unspecified atom stereocenters. The molecular formula is C20H18ClF3N4O. The maximum Gasteiger partial charge on any atom is 0.417 e. The van der Waals surface area contributed by atoms with E-state index in [1.165, 1.54) is 15.9 Å². The number of piperazine rings is 1. The molecule has 2 N–H and O–H groups in total. The first-order chi connectivity index (χ1) is 13.6. The number of nitrogens with one attached hydrogen (secondary N) is 2. The Bertz CT molecular complexity index is 962. The molecule has 2 aromatic rings. The highest BCUT2D eigenvalue weighted by molar-refractivity contribution is 6.34. The lowest BCUT2D eigenvalue weighted by atomic mass is 10.1. The van der Waals surface area contributed by atoms with Crippen molar-refractivity contribution in [3.63, 3.8) is 0 Å². The third kappa shape index (κ3) is 4.12. The Morgan fingerprint density at radius 2 is 1.79 bits per heavy atom. The van der Waals surface area contributed by atoms with Gasteiger partial charge >= 0.3 is 6.18 Å². The number of carbonyl (C=O) groups excluding carboxylic acids is 1. The molecule has 5 nitrogen and oxygen atoms in total. The minimum atomic E-state index is -4.67. The number of carbonyl (C=O) groups is 1. The number of amidine groups is 2. The molecule has 1 atom stereocenters. The molecule has 0 saturated carbocycles. The Labute approximate surface area is 170 Å². The first-order valence-electron chi connectivity index (χ1n) is 8.77. The highest BCUT2D eigenvalue weighted by Crippen LogP contribution is 2.36. The van der Waals surface area contributed by atoms with Crippen molar-refractivity contribution in [2.75, 3.05) is 13.1 Å². The van der Waals surface area contributed by atoms with Crippen LogP contribution in [0.4, 0.5) is 13.2 Å². The molecule has 9 heteroatoms. The summed E-state index contributed by atoms with van der Waals surface area (Å²) in [4.78, 5) is 15.7. The van der Waals surface area contributed by atoms with E-state index in [0.717, 1.165) is 12.1 Å². The van der Waals surface area contributed by atoms with E-state index in [0.29, 0.717) is 5.56 Å². The number of nitrogens with zero attached hydrogens (tertiary/aromatic N) is 2. The van der Waals surface area contributed by atoms with Crippen molar-refractivity contribution in [2.24, 2.45) is 0 Å². The molecule has 1 aliphatic heterocycles. The zero-order valence-corrected chi connectivity index (χ0v) is 16.2. The number of amides is 1. The van der Waals surface area contributed by atoms with Gasteiger partial charge in [0, 0.05) is 18.2 Å². The molecule has 0 aliphatic carbocycles. The van der Waals surface area contributed by atoms with Crippen molar-refractivity contribution in [2.45, 2.75) is 19.1 Å². The molecule has 0 aromatic heterocycles. The lowest BCUT2D eigenvalue weighted by molar-refractivity contribution is -0.137. The van der Waals surface area contributed by atoms with Crippen LogP contribution in [0.25, 0.3) is 0 Å². The van der Waals surface area contributed by atoms with Gasteiger partial charge in [-0.25, -0.2) is 0 Å². The summed E-state index contributed by atoms with van der Waals surface area (Å²) in [5.74, 6) is -0.538. The van der Waals surface area contributed by atoms with Crippen molar-refractivity contribution in [3.8, 4) is 0 Å². The van der Waals surface area contributed by atoms with E-state index in [1.807, 2.05) is 6.07 Å². The summed E-state index contributed by atoms with van der Waals surface area (Å²) in [5, 5.41) is 16.0. The number of rotatable bonds is 2. The molecule has 1 aliphatic rings. The van der Waals surface area contributed by atoms with Crippen LogP contribution in [0.1, 0.15) is 28.4 Å². The van der Waals surface area contributed by atoms with Crippen LogP contribution in [0.15, 0.2) is 48.5 Å². The smallest absolute Gasteiger partial charge is 0.327 e. The van der Waals surface area contributed by atoms with Crippen molar-refractivity contribution in [1.29, 1.82) is 10.8 Å². The topological polar surface area (TPSA) is 71.2 Å². The highest BCUT2D eigenvalue weighted by atomic mass is 35.5. The van der Waals surface area contributed by atoms with E-state index in [4.69, 9.17) is 22.4 Å². The Morgan fingerprint density at radius 3 is 2.41 bits per heavy atom. The second-order valence-electron chi connectivity index (χ2n) is 6.72. The van der Waals surface area contributed by atoms with Crippen LogP contribution >= 0.6 is 11.6 Å². The molecule has 1 fully saturated rings. The molecule has 1 heterocycles. The maximum absolute atomic E-state index is 13.1. The third-order valence-corrected chi connectivity index (χ3v) is 5.14. The van der Waals surface area contributed by atoms with Gasteiger partial charge in [0.25, 0.3) is 5.91 Å². The predicted octanol–water partition coefficient (Wildman–Crippen LogP) is 4.51. The summed E-state index contributed by atoms with van der Waals surface area (Å²) in [7, 11) is 0. The van der Waals surface area contributed by atoms with E-state index < -0.39 is 28.7 Å². The second-order valence-corrected chi connectivity index (χ2v) is 7.10. The summed E-state index contributed by atoms with van der Waals surface area (Å²) >= 11 is 5.89. The number of halogens is 4. The minimum Gasteiger partial charge on any atom is -0.327 e. The zero-order chi connectivity index (χ0) is 21.3. The van der Waals surface area contributed by atoms with E-state index >= 15 is 0 Å². The van der Waals surface area contributed by atoms with Crippen LogP contribution in [0, 0.1) is 10.8 Å². The fourth-order valence-corrected chi connectivity index (χ4v) is 3.51. The van der Waals surface area contributed by atoms with Gasteiger partial charge in [-0.1, -0.05) is 48.0 Å². The Morgan fingerprint density at radius 1 is 1.14 bits per heavy atom. The van der Waals surface area contributed by atoms with Crippen molar-refractivity contribution in [1.82, 2.24) is 9.80 Å². The Hall–Kier alpha value is -2.87. The summed E-state index contributed by atoms with van der Waals surface area (Å²) < 4.78 is 39.3. The second kappa shape index (κ2) is 7.87. The van der Waals surface area contributed by atoms with E-state index in [2.05, 4.69) is 0 Å². The number of alkyl halides is 3. The van der Waals surface area contributed by atoms with Gasteiger partial charge in [-0.05, 0) is 19.1 Å². The normalized spacial score (nSPS) is 17.4. The van der Waals surface area contributed by atoms with Gasteiger partial charge in [-0.3, -0.25) is 15.6 Å². The van der Waals surface area contributed by atoms with Crippen LogP contribution in [-0.2, 0) is 6.18 Å². The van der Waals surface area contributed by atoms with Gasteiger partial charge in [-0.15, -0.1) is 0 Å². The fraction of sp³-hybridized carbons (Fsp3) is 0.250. The van der Waals surface area contributed by atoms with Gasteiger partial charge < -0.3 is 9.80 Å². The molecule has 1 amide bonds. The summed E-state index contributed by atoms with van der Waals surface area (Å²) in [6.07, 6.45) is -4.67. The molecule has 0 bridgehead atoms. The maximum atomic E-state index is 13.1. The molecule has 2 aromatic carbocycles. The lowest BCUT2D eigenvalue weighted by Gasteiger charge is -2.41. The molecule has 152 valence electrons. The zero-order valence-electron chi connectivity index (χ0n) is 15.4. The van der Waals surface area contributed by atoms with Crippen LogP contribution in [0.5, 0.6) is 0 Å². The molecule has 1 saturated heterocycles. The quantitative estimate of drug-likeness (QED) is 0.552. The predicted molar refractivity (Wildman–Crippen MR) is 105 cm³/mol. The molecule has 0 radical (unpaired) electrons. The SMILES string of the molecule is CC1CN(C(=N)c2ccccc2)C(=N)CN1C(=O)c1cccc(C(F)(F)F)c1Cl. The fourth-order valence-electron chi connectivity index (χ4n) is 3.20. The molecule has 0 spiro atoms. The largest absolute Gasteiger partial charge is 0.417 e. The minimum absolute atomic E-state index is 0.00778. The summed E-state index contributed by atoms with van der Waals surface area (Å²) in [6.45, 7) is 1.76. The number of benzene rings is 2. The van der Waals surface area contributed by atoms with Crippen LogP contribution < -0.4 is 0 Å². The van der Waals surface area contributed by atoms with Crippen LogP contribution in [-0.4, -0.2) is 46.5 Å². The number of hydrogen-bond acceptors (Lipinski definition) is 3. The Kier molecular flexibility index (Phi) is 5.66. The third-order valence-electron chi connectivity index (χ3n) is 4.74.